The molecule has 2 aromatic rings. The monoisotopic (exact) mass is 398 g/mol. The molecule has 2 aliphatic rings. The second kappa shape index (κ2) is 7.44. The topological polar surface area (TPSA) is 71.7 Å². The third kappa shape index (κ3) is 3.75. The number of likely N-dealkylation sites (tertiary alicyclic amines) is 2. The average Bonchev–Trinajstić information content (AvgIpc) is 3.23. The van der Waals surface area contributed by atoms with Gasteiger partial charge in [-0.15, -0.1) is 10.2 Å². The number of rotatable bonds is 5. The zero-order valence-corrected chi connectivity index (χ0v) is 17.9. The van der Waals surface area contributed by atoms with Crippen LogP contribution >= 0.6 is 0 Å². The summed E-state index contributed by atoms with van der Waals surface area (Å²) in [6.45, 7) is 8.71. The summed E-state index contributed by atoms with van der Waals surface area (Å²) in [5, 5.41) is 8.52. The normalized spacial score (nSPS) is 21.0. The number of amides is 1. The van der Waals surface area contributed by atoms with Crippen LogP contribution in [0.15, 0.2) is 22.6 Å². The molecule has 0 N–H and O–H groups in total. The zero-order valence-electron chi connectivity index (χ0n) is 17.9. The van der Waals surface area contributed by atoms with Crippen molar-refractivity contribution in [3.63, 3.8) is 0 Å². The fourth-order valence-corrected chi connectivity index (χ4v) is 4.69. The summed E-state index contributed by atoms with van der Waals surface area (Å²) in [5.74, 6) is 2.78. The molecule has 3 heterocycles. The lowest BCUT2D eigenvalue weighted by molar-refractivity contribution is 0.0114. The standard InChI is InChI=1S/C22H30N4O3/c1-14(2)8-19-23-24-20(29-19)18-10-22(11-25(18)4)12-26(13-22)21(27)17-7-6-16(28-5)9-15(17)3/h6-7,9,14,18H,8,10-13H2,1-5H3. The fraction of sp³-hybridized carbons (Fsp3) is 0.591. The molecule has 29 heavy (non-hydrogen) atoms. The molecule has 2 fully saturated rings. The summed E-state index contributed by atoms with van der Waals surface area (Å²) in [5.41, 5.74) is 1.81. The van der Waals surface area contributed by atoms with Gasteiger partial charge in [-0.05, 0) is 50.1 Å². The Kier molecular flexibility index (Phi) is 5.11. The van der Waals surface area contributed by atoms with Crippen molar-refractivity contribution in [2.24, 2.45) is 11.3 Å². The molecule has 0 radical (unpaired) electrons. The van der Waals surface area contributed by atoms with Gasteiger partial charge >= 0.3 is 0 Å². The van der Waals surface area contributed by atoms with E-state index < -0.39 is 0 Å². The molecular formula is C22H30N4O3. The third-order valence-corrected chi connectivity index (χ3v) is 6.10. The minimum Gasteiger partial charge on any atom is -0.497 e. The molecule has 1 aromatic heterocycles. The van der Waals surface area contributed by atoms with E-state index in [1.165, 1.54) is 0 Å². The molecular weight excluding hydrogens is 368 g/mol. The summed E-state index contributed by atoms with van der Waals surface area (Å²) < 4.78 is 11.2. The van der Waals surface area contributed by atoms with Crippen LogP contribution in [0.25, 0.3) is 0 Å². The van der Waals surface area contributed by atoms with Gasteiger partial charge in [-0.2, -0.15) is 0 Å². The number of aromatic nitrogens is 2. The first-order valence-electron chi connectivity index (χ1n) is 10.3. The molecule has 1 spiro atoms. The number of hydrogen-bond donors (Lipinski definition) is 0. The van der Waals surface area contributed by atoms with Gasteiger partial charge in [-0.3, -0.25) is 9.69 Å². The van der Waals surface area contributed by atoms with E-state index in [1.807, 2.05) is 30.0 Å². The van der Waals surface area contributed by atoms with Crippen LogP contribution in [-0.2, 0) is 6.42 Å². The van der Waals surface area contributed by atoms with Crippen LogP contribution < -0.4 is 4.74 Å². The van der Waals surface area contributed by atoms with Gasteiger partial charge in [0.2, 0.25) is 11.8 Å². The molecule has 0 saturated carbocycles. The summed E-state index contributed by atoms with van der Waals surface area (Å²) in [6, 6.07) is 5.74. The molecule has 7 heteroatoms. The van der Waals surface area contributed by atoms with E-state index in [9.17, 15) is 4.79 Å². The number of carbonyl (C=O) groups excluding carboxylic acids is 1. The Morgan fingerprint density at radius 3 is 2.72 bits per heavy atom. The number of ether oxygens (including phenoxy) is 1. The average molecular weight is 399 g/mol. The van der Waals surface area contributed by atoms with Crippen LogP contribution in [0, 0.1) is 18.3 Å². The van der Waals surface area contributed by atoms with E-state index in [4.69, 9.17) is 9.15 Å². The van der Waals surface area contributed by atoms with Crippen molar-refractivity contribution in [3.05, 3.63) is 41.1 Å². The van der Waals surface area contributed by atoms with E-state index in [1.54, 1.807) is 7.11 Å². The summed E-state index contributed by atoms with van der Waals surface area (Å²) in [6.07, 6.45) is 1.75. The first-order chi connectivity index (χ1) is 13.8. The predicted molar refractivity (Wildman–Crippen MR) is 109 cm³/mol. The Bertz CT molecular complexity index is 901. The second-order valence-corrected chi connectivity index (χ2v) is 9.11. The summed E-state index contributed by atoms with van der Waals surface area (Å²) >= 11 is 0. The molecule has 2 aliphatic heterocycles. The van der Waals surface area contributed by atoms with Crippen molar-refractivity contribution in [2.75, 3.05) is 33.8 Å². The van der Waals surface area contributed by atoms with E-state index in [0.29, 0.717) is 17.7 Å². The smallest absolute Gasteiger partial charge is 0.254 e. The van der Waals surface area contributed by atoms with Gasteiger partial charge in [0.05, 0.1) is 13.2 Å². The minimum atomic E-state index is 0.0962. The minimum absolute atomic E-state index is 0.0962. The molecule has 7 nitrogen and oxygen atoms in total. The highest BCUT2D eigenvalue weighted by Gasteiger charge is 2.53. The number of nitrogens with zero attached hydrogens (tertiary/aromatic N) is 4. The summed E-state index contributed by atoms with van der Waals surface area (Å²) in [4.78, 5) is 17.2. The van der Waals surface area contributed by atoms with Gasteiger partial charge in [0.1, 0.15) is 5.75 Å². The van der Waals surface area contributed by atoms with Crippen LogP contribution in [0.5, 0.6) is 5.75 Å². The Hall–Kier alpha value is -2.41. The molecule has 1 aromatic carbocycles. The van der Waals surface area contributed by atoms with Gasteiger partial charge in [-0.1, -0.05) is 13.8 Å². The van der Waals surface area contributed by atoms with Crippen molar-refractivity contribution in [1.82, 2.24) is 20.0 Å². The molecule has 0 aliphatic carbocycles. The lowest BCUT2D eigenvalue weighted by Crippen LogP contribution is -2.59. The largest absolute Gasteiger partial charge is 0.497 e. The van der Waals surface area contributed by atoms with E-state index in [0.717, 1.165) is 49.4 Å². The van der Waals surface area contributed by atoms with E-state index in [2.05, 4.69) is 36.0 Å². The van der Waals surface area contributed by atoms with Gasteiger partial charge in [-0.25, -0.2) is 0 Å². The maximum Gasteiger partial charge on any atom is 0.254 e. The van der Waals surface area contributed by atoms with Crippen LogP contribution in [0.1, 0.15) is 54.0 Å². The predicted octanol–water partition coefficient (Wildman–Crippen LogP) is 3.10. The van der Waals surface area contributed by atoms with E-state index >= 15 is 0 Å². The van der Waals surface area contributed by atoms with Gasteiger partial charge in [0, 0.05) is 37.0 Å². The van der Waals surface area contributed by atoms with Crippen molar-refractivity contribution in [2.45, 2.75) is 39.7 Å². The van der Waals surface area contributed by atoms with Crippen LogP contribution in [0.2, 0.25) is 0 Å². The van der Waals surface area contributed by atoms with Crippen molar-refractivity contribution >= 4 is 5.91 Å². The molecule has 2 saturated heterocycles. The van der Waals surface area contributed by atoms with Gasteiger partial charge in [0.25, 0.3) is 5.91 Å². The van der Waals surface area contributed by atoms with Crippen molar-refractivity contribution < 1.29 is 13.9 Å². The van der Waals surface area contributed by atoms with Crippen LogP contribution in [0.4, 0.5) is 0 Å². The SMILES string of the molecule is COc1ccc(C(=O)N2CC3(CC(c4nnc(CC(C)C)o4)N(C)C3)C2)c(C)c1. The fourth-order valence-electron chi connectivity index (χ4n) is 4.69. The number of hydrogen-bond acceptors (Lipinski definition) is 6. The number of carbonyl (C=O) groups is 1. The number of methoxy groups -OCH3 is 1. The Morgan fingerprint density at radius 2 is 2.07 bits per heavy atom. The Labute approximate surface area is 172 Å². The molecule has 1 unspecified atom stereocenters. The zero-order chi connectivity index (χ0) is 20.8. The maximum atomic E-state index is 13.0. The molecule has 1 amide bonds. The lowest BCUT2D eigenvalue weighted by atomic mass is 9.77. The first-order valence-corrected chi connectivity index (χ1v) is 10.3. The highest BCUT2D eigenvalue weighted by molar-refractivity contribution is 5.96. The Morgan fingerprint density at radius 1 is 1.31 bits per heavy atom. The molecule has 4 rings (SSSR count). The van der Waals surface area contributed by atoms with Gasteiger partial charge in [0.15, 0.2) is 0 Å². The van der Waals surface area contributed by atoms with Crippen LogP contribution in [0.3, 0.4) is 0 Å². The van der Waals surface area contributed by atoms with E-state index in [-0.39, 0.29) is 17.4 Å². The highest BCUT2D eigenvalue weighted by atomic mass is 16.5. The number of aryl methyl sites for hydroxylation is 1. The third-order valence-electron chi connectivity index (χ3n) is 6.10. The lowest BCUT2D eigenvalue weighted by Gasteiger charge is -2.48. The Balaban J connectivity index is 1.41. The van der Waals surface area contributed by atoms with Crippen LogP contribution in [-0.4, -0.2) is 59.7 Å². The van der Waals surface area contributed by atoms with Crippen molar-refractivity contribution in [1.29, 1.82) is 0 Å². The molecule has 0 bridgehead atoms. The number of benzene rings is 1. The highest BCUT2D eigenvalue weighted by Crippen LogP contribution is 2.47. The first kappa shape index (κ1) is 19.9. The second-order valence-electron chi connectivity index (χ2n) is 9.11. The summed E-state index contributed by atoms with van der Waals surface area (Å²) in [7, 11) is 3.74. The molecule has 156 valence electrons. The molecule has 1 atom stereocenters. The van der Waals surface area contributed by atoms with Gasteiger partial charge < -0.3 is 14.1 Å². The van der Waals surface area contributed by atoms with Crippen molar-refractivity contribution in [3.8, 4) is 5.75 Å². The maximum absolute atomic E-state index is 13.0. The quantitative estimate of drug-likeness (QED) is 0.771.